The third kappa shape index (κ3) is 3.14. The normalized spacial score (nSPS) is 12.1. The summed E-state index contributed by atoms with van der Waals surface area (Å²) in [6, 6.07) is 20.7. The van der Waals surface area contributed by atoms with Crippen LogP contribution < -0.4 is 0 Å². The predicted octanol–water partition coefficient (Wildman–Crippen LogP) is 5.43. The Bertz CT molecular complexity index is 1010. The SMILES string of the molecule is CC(c1ccc(-c2ccccc2)c(F)c1)c1cnc(-c2ccccn2)[nH]1. The van der Waals surface area contributed by atoms with Gasteiger partial charge in [-0.3, -0.25) is 4.98 Å². The summed E-state index contributed by atoms with van der Waals surface area (Å²) in [5.74, 6) is 0.498. The van der Waals surface area contributed by atoms with Gasteiger partial charge in [0.1, 0.15) is 11.5 Å². The Morgan fingerprint density at radius 2 is 1.73 bits per heavy atom. The quantitative estimate of drug-likeness (QED) is 0.537. The van der Waals surface area contributed by atoms with Crippen molar-refractivity contribution in [3.8, 4) is 22.6 Å². The molecule has 0 bridgehead atoms. The van der Waals surface area contributed by atoms with Crippen molar-refractivity contribution in [2.75, 3.05) is 0 Å². The Hall–Kier alpha value is -3.27. The minimum Gasteiger partial charge on any atom is -0.340 e. The molecule has 2 heterocycles. The zero-order chi connectivity index (χ0) is 17.9. The van der Waals surface area contributed by atoms with Gasteiger partial charge in [-0.15, -0.1) is 0 Å². The Balaban J connectivity index is 1.62. The lowest BCUT2D eigenvalue weighted by Crippen LogP contribution is -1.98. The molecule has 0 aliphatic heterocycles. The zero-order valence-electron chi connectivity index (χ0n) is 14.4. The first-order chi connectivity index (χ1) is 12.7. The maximum atomic E-state index is 14.6. The van der Waals surface area contributed by atoms with Crippen LogP contribution in [-0.4, -0.2) is 15.0 Å². The molecule has 4 rings (SSSR count). The average molecular weight is 343 g/mol. The third-order valence-corrected chi connectivity index (χ3v) is 4.55. The molecule has 0 fully saturated rings. The molecule has 1 N–H and O–H groups in total. The Labute approximate surface area is 151 Å². The summed E-state index contributed by atoms with van der Waals surface area (Å²) in [5, 5.41) is 0. The van der Waals surface area contributed by atoms with Crippen molar-refractivity contribution in [2.45, 2.75) is 12.8 Å². The molecule has 1 unspecified atom stereocenters. The van der Waals surface area contributed by atoms with Gasteiger partial charge < -0.3 is 4.98 Å². The lowest BCUT2D eigenvalue weighted by Gasteiger charge is -2.12. The van der Waals surface area contributed by atoms with Gasteiger partial charge in [-0.2, -0.15) is 0 Å². The fourth-order valence-corrected chi connectivity index (χ4v) is 3.02. The molecular formula is C22H18FN3. The maximum Gasteiger partial charge on any atom is 0.156 e. The number of benzene rings is 2. The van der Waals surface area contributed by atoms with E-state index in [1.165, 1.54) is 0 Å². The zero-order valence-corrected chi connectivity index (χ0v) is 14.4. The molecule has 128 valence electrons. The van der Waals surface area contributed by atoms with Crippen molar-refractivity contribution in [3.05, 3.63) is 96.2 Å². The van der Waals surface area contributed by atoms with Crippen LogP contribution in [0.25, 0.3) is 22.6 Å². The minimum absolute atomic E-state index is 0.000661. The molecule has 0 radical (unpaired) electrons. The lowest BCUT2D eigenvalue weighted by molar-refractivity contribution is 0.627. The fourth-order valence-electron chi connectivity index (χ4n) is 3.02. The van der Waals surface area contributed by atoms with Crippen molar-refractivity contribution in [2.24, 2.45) is 0 Å². The molecule has 4 aromatic rings. The molecule has 3 nitrogen and oxygen atoms in total. The van der Waals surface area contributed by atoms with Crippen LogP contribution in [0, 0.1) is 5.82 Å². The molecule has 0 saturated heterocycles. The van der Waals surface area contributed by atoms with Crippen LogP contribution in [0.3, 0.4) is 0 Å². The van der Waals surface area contributed by atoms with E-state index in [1.807, 2.05) is 67.6 Å². The molecule has 4 heteroatoms. The monoisotopic (exact) mass is 343 g/mol. The van der Waals surface area contributed by atoms with E-state index in [0.29, 0.717) is 11.4 Å². The number of nitrogens with one attached hydrogen (secondary N) is 1. The maximum absolute atomic E-state index is 14.6. The van der Waals surface area contributed by atoms with Crippen molar-refractivity contribution < 1.29 is 4.39 Å². The van der Waals surface area contributed by atoms with Crippen LogP contribution in [0.5, 0.6) is 0 Å². The van der Waals surface area contributed by atoms with E-state index in [0.717, 1.165) is 22.5 Å². The first-order valence-electron chi connectivity index (χ1n) is 8.53. The molecule has 0 spiro atoms. The number of nitrogens with zero attached hydrogens (tertiary/aromatic N) is 2. The highest BCUT2D eigenvalue weighted by Gasteiger charge is 2.15. The largest absolute Gasteiger partial charge is 0.340 e. The smallest absolute Gasteiger partial charge is 0.156 e. The summed E-state index contributed by atoms with van der Waals surface area (Å²) in [4.78, 5) is 12.0. The van der Waals surface area contributed by atoms with Crippen LogP contribution in [-0.2, 0) is 0 Å². The fraction of sp³-hybridized carbons (Fsp3) is 0.0909. The van der Waals surface area contributed by atoms with Crippen LogP contribution >= 0.6 is 0 Å². The summed E-state index contributed by atoms with van der Waals surface area (Å²) in [6.45, 7) is 2.03. The summed E-state index contributed by atoms with van der Waals surface area (Å²) < 4.78 is 14.6. The minimum atomic E-state index is -0.218. The van der Waals surface area contributed by atoms with Crippen molar-refractivity contribution >= 4 is 0 Å². The highest BCUT2D eigenvalue weighted by Crippen LogP contribution is 2.29. The predicted molar refractivity (Wildman–Crippen MR) is 101 cm³/mol. The first kappa shape index (κ1) is 16.2. The number of rotatable bonds is 4. The molecule has 0 aliphatic rings. The Kier molecular flexibility index (Phi) is 4.32. The van der Waals surface area contributed by atoms with E-state index in [-0.39, 0.29) is 11.7 Å². The van der Waals surface area contributed by atoms with Gasteiger partial charge in [0.05, 0.1) is 0 Å². The molecule has 0 amide bonds. The van der Waals surface area contributed by atoms with E-state index in [1.54, 1.807) is 18.5 Å². The summed E-state index contributed by atoms with van der Waals surface area (Å²) >= 11 is 0. The number of pyridine rings is 1. The van der Waals surface area contributed by atoms with E-state index < -0.39 is 0 Å². The number of hydrogen-bond donors (Lipinski definition) is 1. The van der Waals surface area contributed by atoms with E-state index in [9.17, 15) is 4.39 Å². The number of H-pyrrole nitrogens is 1. The standard InChI is InChI=1S/C22H18FN3/c1-15(21-14-25-22(26-21)20-9-5-6-12-24-20)17-10-11-18(19(23)13-17)16-7-3-2-4-8-16/h2-15H,1H3,(H,25,26). The summed E-state index contributed by atoms with van der Waals surface area (Å²) in [7, 11) is 0. The molecule has 26 heavy (non-hydrogen) atoms. The first-order valence-corrected chi connectivity index (χ1v) is 8.53. The van der Waals surface area contributed by atoms with E-state index in [2.05, 4.69) is 15.0 Å². The highest BCUT2D eigenvalue weighted by atomic mass is 19.1. The third-order valence-electron chi connectivity index (χ3n) is 4.55. The van der Waals surface area contributed by atoms with Crippen LogP contribution in [0.15, 0.2) is 79.1 Å². The van der Waals surface area contributed by atoms with Gasteiger partial charge in [0, 0.05) is 29.6 Å². The number of halogens is 1. The van der Waals surface area contributed by atoms with E-state index >= 15 is 0 Å². The molecule has 0 saturated carbocycles. The summed E-state index contributed by atoms with van der Waals surface area (Å²) in [5.41, 5.74) is 4.11. The van der Waals surface area contributed by atoms with Crippen molar-refractivity contribution in [3.63, 3.8) is 0 Å². The Morgan fingerprint density at radius 3 is 2.46 bits per heavy atom. The second-order valence-corrected chi connectivity index (χ2v) is 6.23. The van der Waals surface area contributed by atoms with Gasteiger partial charge in [-0.1, -0.05) is 55.5 Å². The molecular weight excluding hydrogens is 325 g/mol. The highest BCUT2D eigenvalue weighted by molar-refractivity contribution is 5.64. The van der Waals surface area contributed by atoms with Crippen LogP contribution in [0.4, 0.5) is 4.39 Å². The van der Waals surface area contributed by atoms with E-state index in [4.69, 9.17) is 0 Å². The lowest BCUT2D eigenvalue weighted by atomic mass is 9.95. The van der Waals surface area contributed by atoms with Gasteiger partial charge in [-0.05, 0) is 29.3 Å². The van der Waals surface area contributed by atoms with Gasteiger partial charge in [0.25, 0.3) is 0 Å². The van der Waals surface area contributed by atoms with Gasteiger partial charge >= 0.3 is 0 Å². The van der Waals surface area contributed by atoms with Gasteiger partial charge in [0.2, 0.25) is 0 Å². The Morgan fingerprint density at radius 1 is 0.923 bits per heavy atom. The van der Waals surface area contributed by atoms with Crippen molar-refractivity contribution in [1.29, 1.82) is 0 Å². The second kappa shape index (κ2) is 6.92. The summed E-state index contributed by atoms with van der Waals surface area (Å²) in [6.07, 6.45) is 3.52. The molecule has 1 atom stereocenters. The number of aromatic nitrogens is 3. The molecule has 0 aliphatic carbocycles. The van der Waals surface area contributed by atoms with Gasteiger partial charge in [0.15, 0.2) is 5.82 Å². The topological polar surface area (TPSA) is 41.6 Å². The number of imidazole rings is 1. The average Bonchev–Trinajstić information content (AvgIpc) is 3.19. The number of aromatic amines is 1. The second-order valence-electron chi connectivity index (χ2n) is 6.23. The number of hydrogen-bond acceptors (Lipinski definition) is 2. The molecule has 2 aromatic carbocycles. The van der Waals surface area contributed by atoms with Gasteiger partial charge in [-0.25, -0.2) is 9.37 Å². The molecule has 2 aromatic heterocycles. The van der Waals surface area contributed by atoms with Crippen molar-refractivity contribution in [1.82, 2.24) is 15.0 Å². The van der Waals surface area contributed by atoms with Crippen LogP contribution in [0.2, 0.25) is 0 Å². The van der Waals surface area contributed by atoms with Crippen LogP contribution in [0.1, 0.15) is 24.1 Å².